The molecule has 2 N–H and O–H groups in total. The summed E-state index contributed by atoms with van der Waals surface area (Å²) in [6.07, 6.45) is -4.72. The lowest BCUT2D eigenvalue weighted by molar-refractivity contribution is -0.135. The van der Waals surface area contributed by atoms with Crippen LogP contribution in [0.25, 0.3) is 0 Å². The molecule has 1 atom stereocenters. The minimum atomic E-state index is -4.44. The highest BCUT2D eigenvalue weighted by atomic mass is 32.1. The van der Waals surface area contributed by atoms with Crippen LogP contribution < -0.4 is 5.73 Å². The standard InChI is InChI=1S/C14H19F3N2O2S/c1-12(2,3)21-11(20)19-6-5-13(18,8-19)9-4-7-22-10(9)14(15,16)17/h4,7H,5-6,8,18H2,1-3H3. The normalized spacial score (nSPS) is 23.0. The molecule has 0 aromatic carbocycles. The number of amides is 1. The van der Waals surface area contributed by atoms with E-state index in [0.29, 0.717) is 11.3 Å². The lowest BCUT2D eigenvalue weighted by Gasteiger charge is -2.27. The first kappa shape index (κ1) is 17.1. The summed E-state index contributed by atoms with van der Waals surface area (Å²) < 4.78 is 44.3. The zero-order valence-corrected chi connectivity index (χ0v) is 13.5. The lowest BCUT2D eigenvalue weighted by atomic mass is 9.90. The van der Waals surface area contributed by atoms with Crippen LogP contribution in [0.5, 0.6) is 0 Å². The highest BCUT2D eigenvalue weighted by Gasteiger charge is 2.46. The first-order chi connectivity index (χ1) is 9.92. The number of nitrogens with two attached hydrogens (primary N) is 1. The molecule has 1 unspecified atom stereocenters. The fourth-order valence-corrected chi connectivity index (χ4v) is 3.33. The van der Waals surface area contributed by atoms with Gasteiger partial charge in [0.2, 0.25) is 0 Å². The Morgan fingerprint density at radius 3 is 2.59 bits per heavy atom. The van der Waals surface area contributed by atoms with Gasteiger partial charge >= 0.3 is 12.3 Å². The fraction of sp³-hybridized carbons (Fsp3) is 0.643. The van der Waals surface area contributed by atoms with E-state index in [1.165, 1.54) is 16.3 Å². The van der Waals surface area contributed by atoms with Crippen molar-refractivity contribution >= 4 is 17.4 Å². The predicted octanol–water partition coefficient (Wildman–Crippen LogP) is 3.56. The van der Waals surface area contributed by atoms with E-state index in [9.17, 15) is 18.0 Å². The summed E-state index contributed by atoms with van der Waals surface area (Å²) in [6.45, 7) is 5.49. The molecule has 22 heavy (non-hydrogen) atoms. The van der Waals surface area contributed by atoms with Gasteiger partial charge in [-0.05, 0) is 44.2 Å². The van der Waals surface area contributed by atoms with Crippen LogP contribution in [-0.2, 0) is 16.5 Å². The van der Waals surface area contributed by atoms with E-state index in [2.05, 4.69) is 0 Å². The van der Waals surface area contributed by atoms with Crippen molar-refractivity contribution in [2.24, 2.45) is 5.73 Å². The van der Waals surface area contributed by atoms with Crippen molar-refractivity contribution in [3.63, 3.8) is 0 Å². The van der Waals surface area contributed by atoms with E-state index in [1.807, 2.05) is 0 Å². The van der Waals surface area contributed by atoms with Gasteiger partial charge in [-0.2, -0.15) is 13.2 Å². The Morgan fingerprint density at radius 2 is 2.05 bits per heavy atom. The number of ether oxygens (including phenoxy) is 1. The maximum absolute atomic E-state index is 13.0. The molecule has 124 valence electrons. The van der Waals surface area contributed by atoms with Crippen LogP contribution in [0, 0.1) is 0 Å². The SMILES string of the molecule is CC(C)(C)OC(=O)N1CCC(N)(c2ccsc2C(F)(F)F)C1. The minimum Gasteiger partial charge on any atom is -0.444 e. The van der Waals surface area contributed by atoms with Gasteiger partial charge in [-0.15, -0.1) is 11.3 Å². The minimum absolute atomic E-state index is 0.0156. The third-order valence-electron chi connectivity index (χ3n) is 3.41. The fourth-order valence-electron chi connectivity index (χ4n) is 2.46. The summed E-state index contributed by atoms with van der Waals surface area (Å²) in [6, 6.07) is 1.39. The van der Waals surface area contributed by atoms with Gasteiger partial charge in [-0.3, -0.25) is 0 Å². The second-order valence-electron chi connectivity index (χ2n) is 6.47. The number of carbonyl (C=O) groups is 1. The lowest BCUT2D eigenvalue weighted by Crippen LogP contribution is -2.43. The number of rotatable bonds is 1. The molecular weight excluding hydrogens is 317 g/mol. The topological polar surface area (TPSA) is 55.6 Å². The molecule has 0 spiro atoms. The second-order valence-corrected chi connectivity index (χ2v) is 7.39. The number of halogens is 3. The predicted molar refractivity (Wildman–Crippen MR) is 77.6 cm³/mol. The van der Waals surface area contributed by atoms with Gasteiger partial charge in [0.25, 0.3) is 0 Å². The summed E-state index contributed by atoms with van der Waals surface area (Å²) in [5, 5.41) is 1.38. The molecule has 1 saturated heterocycles. The van der Waals surface area contributed by atoms with Crippen LogP contribution in [-0.4, -0.2) is 29.7 Å². The molecule has 0 aliphatic carbocycles. The third kappa shape index (κ3) is 3.55. The molecule has 2 heterocycles. The van der Waals surface area contributed by atoms with Crippen LogP contribution >= 0.6 is 11.3 Å². The van der Waals surface area contributed by atoms with Crippen LogP contribution in [0.1, 0.15) is 37.6 Å². The highest BCUT2D eigenvalue weighted by Crippen LogP contribution is 2.42. The van der Waals surface area contributed by atoms with Crippen LogP contribution in [0.3, 0.4) is 0 Å². The molecule has 1 amide bonds. The van der Waals surface area contributed by atoms with E-state index in [-0.39, 0.29) is 25.1 Å². The average Bonchev–Trinajstić information content (AvgIpc) is 2.92. The van der Waals surface area contributed by atoms with Gasteiger partial charge in [-0.25, -0.2) is 4.79 Å². The van der Waals surface area contributed by atoms with Crippen LogP contribution in [0.4, 0.5) is 18.0 Å². The number of thiophene rings is 1. The molecule has 4 nitrogen and oxygen atoms in total. The monoisotopic (exact) mass is 336 g/mol. The van der Waals surface area contributed by atoms with Gasteiger partial charge < -0.3 is 15.4 Å². The molecule has 0 saturated carbocycles. The number of hydrogen-bond donors (Lipinski definition) is 1. The van der Waals surface area contributed by atoms with Crippen LogP contribution in [0.2, 0.25) is 0 Å². The van der Waals surface area contributed by atoms with Crippen molar-refractivity contribution in [2.45, 2.75) is 44.5 Å². The largest absolute Gasteiger partial charge is 0.444 e. The second kappa shape index (κ2) is 5.42. The summed E-state index contributed by atoms with van der Waals surface area (Å²) in [5.74, 6) is 0. The first-order valence-electron chi connectivity index (χ1n) is 6.84. The number of likely N-dealkylation sites (tertiary alicyclic amines) is 1. The van der Waals surface area contributed by atoms with Crippen molar-refractivity contribution in [1.82, 2.24) is 4.90 Å². The van der Waals surface area contributed by atoms with E-state index in [1.54, 1.807) is 20.8 Å². The molecular formula is C14H19F3N2O2S. The van der Waals surface area contributed by atoms with Crippen molar-refractivity contribution in [3.05, 3.63) is 21.9 Å². The molecule has 0 bridgehead atoms. The molecule has 1 fully saturated rings. The molecule has 1 aliphatic heterocycles. The highest BCUT2D eigenvalue weighted by molar-refractivity contribution is 7.10. The van der Waals surface area contributed by atoms with Gasteiger partial charge in [0.05, 0.1) is 5.54 Å². The van der Waals surface area contributed by atoms with E-state index >= 15 is 0 Å². The zero-order chi connectivity index (χ0) is 16.8. The number of nitrogens with zero attached hydrogens (tertiary/aromatic N) is 1. The van der Waals surface area contributed by atoms with Crippen molar-refractivity contribution in [1.29, 1.82) is 0 Å². The van der Waals surface area contributed by atoms with Crippen molar-refractivity contribution in [3.8, 4) is 0 Å². The molecule has 1 aromatic heterocycles. The Labute approximate surface area is 131 Å². The quantitative estimate of drug-likeness (QED) is 0.853. The Morgan fingerprint density at radius 1 is 1.41 bits per heavy atom. The summed E-state index contributed by atoms with van der Waals surface area (Å²) in [7, 11) is 0. The molecule has 2 rings (SSSR count). The summed E-state index contributed by atoms with van der Waals surface area (Å²) in [5.41, 5.74) is 4.37. The van der Waals surface area contributed by atoms with Crippen molar-refractivity contribution in [2.75, 3.05) is 13.1 Å². The Kier molecular flexibility index (Phi) is 4.20. The van der Waals surface area contributed by atoms with Gasteiger partial charge in [0, 0.05) is 13.1 Å². The number of hydrogen-bond acceptors (Lipinski definition) is 4. The Bertz CT molecular complexity index is 565. The summed E-state index contributed by atoms with van der Waals surface area (Å²) >= 11 is 0.622. The number of carbonyl (C=O) groups excluding carboxylic acids is 1. The molecule has 0 radical (unpaired) electrons. The van der Waals surface area contributed by atoms with Gasteiger partial charge in [-0.1, -0.05) is 0 Å². The first-order valence-corrected chi connectivity index (χ1v) is 7.72. The van der Waals surface area contributed by atoms with E-state index in [0.717, 1.165) is 0 Å². The maximum atomic E-state index is 13.0. The van der Waals surface area contributed by atoms with Gasteiger partial charge in [0.15, 0.2) is 0 Å². The maximum Gasteiger partial charge on any atom is 0.425 e. The van der Waals surface area contributed by atoms with E-state index < -0.39 is 28.3 Å². The van der Waals surface area contributed by atoms with Crippen LogP contribution in [0.15, 0.2) is 11.4 Å². The van der Waals surface area contributed by atoms with Crippen molar-refractivity contribution < 1.29 is 22.7 Å². The third-order valence-corrected chi connectivity index (χ3v) is 4.37. The smallest absolute Gasteiger partial charge is 0.425 e. The van der Waals surface area contributed by atoms with Gasteiger partial charge in [0.1, 0.15) is 10.5 Å². The zero-order valence-electron chi connectivity index (χ0n) is 12.7. The molecule has 8 heteroatoms. The Balaban J connectivity index is 2.18. The Hall–Kier alpha value is -1.28. The average molecular weight is 336 g/mol. The number of alkyl halides is 3. The summed E-state index contributed by atoms with van der Waals surface area (Å²) in [4.78, 5) is 12.7. The molecule has 1 aliphatic rings. The van der Waals surface area contributed by atoms with E-state index in [4.69, 9.17) is 10.5 Å². The molecule has 1 aromatic rings.